The van der Waals surface area contributed by atoms with Crippen LogP contribution in [0.15, 0.2) is 30.3 Å². The monoisotopic (exact) mass is 377 g/mol. The molecule has 0 unspecified atom stereocenters. The minimum atomic E-state index is -1.24. The first-order valence-corrected chi connectivity index (χ1v) is 8.88. The van der Waals surface area contributed by atoms with Crippen LogP contribution in [0.4, 0.5) is 9.59 Å². The Morgan fingerprint density at radius 1 is 1.15 bits per heavy atom. The number of rotatable bonds is 4. The molecule has 1 aromatic carbocycles. The molecule has 1 heterocycles. The van der Waals surface area contributed by atoms with Gasteiger partial charge in [-0.1, -0.05) is 30.3 Å². The molecule has 8 nitrogen and oxygen atoms in total. The molecule has 2 rings (SSSR count). The SMILES string of the molecule is CC(C)(C)OC(=O)N1CCC(NC(=O)OCc2ccccc2)(C(N)=O)CC1. The number of nitrogens with zero attached hydrogens (tertiary/aromatic N) is 1. The molecular formula is C19H27N3O5. The molecule has 0 saturated carbocycles. The number of primary amides is 1. The van der Waals surface area contributed by atoms with Crippen LogP contribution in [0, 0.1) is 0 Å². The normalized spacial score (nSPS) is 16.3. The minimum absolute atomic E-state index is 0.0888. The number of carbonyl (C=O) groups excluding carboxylic acids is 3. The number of benzene rings is 1. The van der Waals surface area contributed by atoms with Gasteiger partial charge in [0.1, 0.15) is 17.7 Å². The molecule has 1 aliphatic heterocycles. The summed E-state index contributed by atoms with van der Waals surface area (Å²) in [6.07, 6.45) is -0.778. The van der Waals surface area contributed by atoms with Gasteiger partial charge in [0.05, 0.1) is 0 Å². The molecule has 0 spiro atoms. The van der Waals surface area contributed by atoms with Gasteiger partial charge in [-0.15, -0.1) is 0 Å². The molecule has 1 saturated heterocycles. The summed E-state index contributed by atoms with van der Waals surface area (Å²) < 4.78 is 10.5. The fourth-order valence-corrected chi connectivity index (χ4v) is 2.79. The van der Waals surface area contributed by atoms with Crippen molar-refractivity contribution in [1.82, 2.24) is 10.2 Å². The molecule has 3 amide bonds. The molecule has 3 N–H and O–H groups in total. The molecule has 0 aromatic heterocycles. The van der Waals surface area contributed by atoms with Crippen molar-refractivity contribution in [1.29, 1.82) is 0 Å². The van der Waals surface area contributed by atoms with E-state index in [0.717, 1.165) is 5.56 Å². The highest BCUT2D eigenvalue weighted by Gasteiger charge is 2.43. The Labute approximate surface area is 159 Å². The lowest BCUT2D eigenvalue weighted by Crippen LogP contribution is -2.63. The maximum atomic E-state index is 12.2. The number of carbonyl (C=O) groups is 3. The Bertz CT molecular complexity index is 676. The van der Waals surface area contributed by atoms with Crippen molar-refractivity contribution in [3.05, 3.63) is 35.9 Å². The summed E-state index contributed by atoms with van der Waals surface area (Å²) in [4.78, 5) is 37.8. The number of nitrogens with one attached hydrogen (secondary N) is 1. The van der Waals surface area contributed by atoms with Gasteiger partial charge in [-0.05, 0) is 39.2 Å². The first-order chi connectivity index (χ1) is 12.6. The molecule has 8 heteroatoms. The number of amides is 3. The largest absolute Gasteiger partial charge is 0.445 e. The van der Waals surface area contributed by atoms with Crippen LogP contribution >= 0.6 is 0 Å². The van der Waals surface area contributed by atoms with Gasteiger partial charge in [-0.25, -0.2) is 9.59 Å². The number of nitrogens with two attached hydrogens (primary N) is 1. The maximum Gasteiger partial charge on any atom is 0.410 e. The van der Waals surface area contributed by atoms with E-state index < -0.39 is 29.2 Å². The summed E-state index contributed by atoms with van der Waals surface area (Å²) in [7, 11) is 0. The molecular weight excluding hydrogens is 350 g/mol. The van der Waals surface area contributed by atoms with Gasteiger partial charge in [-0.3, -0.25) is 4.79 Å². The minimum Gasteiger partial charge on any atom is -0.445 e. The summed E-state index contributed by atoms with van der Waals surface area (Å²) in [6.45, 7) is 5.94. The second-order valence-electron chi connectivity index (χ2n) is 7.60. The van der Waals surface area contributed by atoms with Crippen LogP contribution < -0.4 is 11.1 Å². The Morgan fingerprint density at radius 2 is 1.74 bits per heavy atom. The molecule has 0 bridgehead atoms. The fraction of sp³-hybridized carbons (Fsp3) is 0.526. The number of likely N-dealkylation sites (tertiary alicyclic amines) is 1. The van der Waals surface area contributed by atoms with Gasteiger partial charge >= 0.3 is 12.2 Å². The van der Waals surface area contributed by atoms with Gasteiger partial charge in [0.15, 0.2) is 0 Å². The zero-order valence-electron chi connectivity index (χ0n) is 16.0. The molecule has 1 fully saturated rings. The Hall–Kier alpha value is -2.77. The van der Waals surface area contributed by atoms with Crippen molar-refractivity contribution in [2.75, 3.05) is 13.1 Å². The van der Waals surface area contributed by atoms with Gasteiger partial charge in [0.25, 0.3) is 0 Å². The highest BCUT2D eigenvalue weighted by Crippen LogP contribution is 2.24. The topological polar surface area (TPSA) is 111 Å². The highest BCUT2D eigenvalue weighted by atomic mass is 16.6. The highest BCUT2D eigenvalue weighted by molar-refractivity contribution is 5.89. The molecule has 1 aromatic rings. The van der Waals surface area contributed by atoms with E-state index in [1.54, 1.807) is 20.8 Å². The second kappa shape index (κ2) is 8.28. The van der Waals surface area contributed by atoms with Gasteiger partial charge < -0.3 is 25.4 Å². The number of hydrogen-bond donors (Lipinski definition) is 2. The molecule has 148 valence electrons. The van der Waals surface area contributed by atoms with E-state index in [2.05, 4.69) is 5.32 Å². The van der Waals surface area contributed by atoms with Crippen molar-refractivity contribution in [3.63, 3.8) is 0 Å². The summed E-state index contributed by atoms with van der Waals surface area (Å²) >= 11 is 0. The lowest BCUT2D eigenvalue weighted by molar-refractivity contribution is -0.126. The van der Waals surface area contributed by atoms with Gasteiger partial charge in [-0.2, -0.15) is 0 Å². The zero-order valence-corrected chi connectivity index (χ0v) is 16.0. The third-order valence-corrected chi connectivity index (χ3v) is 4.29. The van der Waals surface area contributed by atoms with E-state index >= 15 is 0 Å². The maximum absolute atomic E-state index is 12.2. The van der Waals surface area contributed by atoms with Crippen molar-refractivity contribution >= 4 is 18.1 Å². The second-order valence-corrected chi connectivity index (χ2v) is 7.60. The zero-order chi connectivity index (χ0) is 20.1. The average Bonchev–Trinajstić information content (AvgIpc) is 2.60. The smallest absolute Gasteiger partial charge is 0.410 e. The number of hydrogen-bond acceptors (Lipinski definition) is 5. The van der Waals surface area contributed by atoms with Crippen LogP contribution in [0.2, 0.25) is 0 Å². The standard InChI is InChI=1S/C19H27N3O5/c1-18(2,3)27-17(25)22-11-9-19(10-12-22,15(20)23)21-16(24)26-13-14-7-5-4-6-8-14/h4-8H,9-13H2,1-3H3,(H2,20,23)(H,21,24). The molecule has 0 aliphatic carbocycles. The Kier molecular flexibility index (Phi) is 6.30. The summed E-state index contributed by atoms with van der Waals surface area (Å²) in [6, 6.07) is 9.21. The van der Waals surface area contributed by atoms with Crippen LogP contribution in [-0.2, 0) is 20.9 Å². The first kappa shape index (κ1) is 20.5. The van der Waals surface area contributed by atoms with Crippen molar-refractivity contribution in [3.8, 4) is 0 Å². The van der Waals surface area contributed by atoms with Crippen molar-refractivity contribution < 1.29 is 23.9 Å². The average molecular weight is 377 g/mol. The van der Waals surface area contributed by atoms with Crippen molar-refractivity contribution in [2.45, 2.75) is 51.4 Å². The molecule has 0 atom stereocenters. The summed E-state index contributed by atoms with van der Waals surface area (Å²) in [5.41, 5.74) is 4.52. The quantitative estimate of drug-likeness (QED) is 0.835. The Morgan fingerprint density at radius 3 is 2.26 bits per heavy atom. The lowest BCUT2D eigenvalue weighted by Gasteiger charge is -2.39. The summed E-state index contributed by atoms with van der Waals surface area (Å²) in [5, 5.41) is 2.60. The molecule has 27 heavy (non-hydrogen) atoms. The van der Waals surface area contributed by atoms with E-state index in [-0.39, 0.29) is 32.5 Å². The van der Waals surface area contributed by atoms with E-state index in [9.17, 15) is 14.4 Å². The third kappa shape index (κ3) is 5.87. The van der Waals surface area contributed by atoms with E-state index in [0.29, 0.717) is 0 Å². The number of alkyl carbamates (subject to hydrolysis) is 1. The van der Waals surface area contributed by atoms with Crippen LogP contribution in [0.3, 0.4) is 0 Å². The van der Waals surface area contributed by atoms with Crippen LogP contribution in [-0.4, -0.2) is 47.2 Å². The van der Waals surface area contributed by atoms with Crippen LogP contribution in [0.1, 0.15) is 39.2 Å². The fourth-order valence-electron chi connectivity index (χ4n) is 2.79. The molecule has 0 radical (unpaired) electrons. The van der Waals surface area contributed by atoms with E-state index in [1.807, 2.05) is 30.3 Å². The first-order valence-electron chi connectivity index (χ1n) is 8.88. The van der Waals surface area contributed by atoms with Gasteiger partial charge in [0.2, 0.25) is 5.91 Å². The molecule has 1 aliphatic rings. The van der Waals surface area contributed by atoms with Crippen LogP contribution in [0.5, 0.6) is 0 Å². The predicted molar refractivity (Wildman–Crippen MR) is 98.7 cm³/mol. The predicted octanol–water partition coefficient (Wildman–Crippen LogP) is 2.17. The van der Waals surface area contributed by atoms with Gasteiger partial charge in [0, 0.05) is 13.1 Å². The third-order valence-electron chi connectivity index (χ3n) is 4.29. The summed E-state index contributed by atoms with van der Waals surface area (Å²) in [5.74, 6) is -0.650. The van der Waals surface area contributed by atoms with Crippen molar-refractivity contribution in [2.24, 2.45) is 5.73 Å². The van der Waals surface area contributed by atoms with E-state index in [4.69, 9.17) is 15.2 Å². The lowest BCUT2D eigenvalue weighted by atomic mass is 9.87. The van der Waals surface area contributed by atoms with E-state index in [1.165, 1.54) is 4.90 Å². The Balaban J connectivity index is 1.92. The number of ether oxygens (including phenoxy) is 2. The number of piperidine rings is 1. The van der Waals surface area contributed by atoms with Crippen LogP contribution in [0.25, 0.3) is 0 Å².